The van der Waals surface area contributed by atoms with Crippen molar-refractivity contribution < 1.29 is 18.8 Å². The third-order valence-electron chi connectivity index (χ3n) is 5.72. The monoisotopic (exact) mass is 343 g/mol. The van der Waals surface area contributed by atoms with Crippen molar-refractivity contribution in [1.82, 2.24) is 5.32 Å². The number of methoxy groups -OCH3 is 1. The highest BCUT2D eigenvalue weighted by molar-refractivity contribution is 6.62. The number of carbonyl (C=O) groups excluding carboxylic acids is 1. The fraction of sp³-hybridized carbons (Fsp3) is 0.526. The summed E-state index contributed by atoms with van der Waals surface area (Å²) in [6, 6.07) is 5.99. The predicted octanol–water partition coefficient (Wildman–Crippen LogP) is 2.34. The van der Waals surface area contributed by atoms with Gasteiger partial charge in [0.2, 0.25) is 0 Å². The van der Waals surface area contributed by atoms with Crippen molar-refractivity contribution in [3.05, 3.63) is 35.5 Å². The van der Waals surface area contributed by atoms with Gasteiger partial charge in [-0.3, -0.25) is 0 Å². The second-order valence-corrected chi connectivity index (χ2v) is 7.66. The number of nitrogens with one attached hydrogen (secondary N) is 1. The summed E-state index contributed by atoms with van der Waals surface area (Å²) < 4.78 is 17.4. The van der Waals surface area contributed by atoms with Gasteiger partial charge in [-0.15, -0.1) is 0 Å². The van der Waals surface area contributed by atoms with Crippen LogP contribution in [0.5, 0.6) is 0 Å². The van der Waals surface area contributed by atoms with E-state index in [9.17, 15) is 4.79 Å². The standard InChI is InChI=1S/C19H26BNO4/c1-7-19(16(22)23-6)15-12-14(9-8-13(15)10-11-21-19)20-24-17(2,3)18(4,5)25-20/h8-12,21H,7H2,1-6H3. The first-order chi connectivity index (χ1) is 11.7. The number of fused-ring (bicyclic) bond motifs is 1. The first-order valence-corrected chi connectivity index (χ1v) is 8.69. The van der Waals surface area contributed by atoms with Gasteiger partial charge in [0.25, 0.3) is 0 Å². The zero-order valence-corrected chi connectivity index (χ0v) is 15.8. The van der Waals surface area contributed by atoms with E-state index < -0.39 is 23.9 Å². The van der Waals surface area contributed by atoms with Crippen LogP contribution in [0.4, 0.5) is 0 Å². The number of hydrogen-bond donors (Lipinski definition) is 1. The Balaban J connectivity index is 2.05. The van der Waals surface area contributed by atoms with Crippen LogP contribution in [0.15, 0.2) is 24.4 Å². The van der Waals surface area contributed by atoms with Crippen LogP contribution in [0.3, 0.4) is 0 Å². The van der Waals surface area contributed by atoms with Crippen LogP contribution in [-0.2, 0) is 24.4 Å². The molecule has 25 heavy (non-hydrogen) atoms. The molecule has 1 atom stereocenters. The van der Waals surface area contributed by atoms with Crippen molar-refractivity contribution in [3.8, 4) is 0 Å². The quantitative estimate of drug-likeness (QED) is 0.674. The van der Waals surface area contributed by atoms with E-state index in [1.807, 2.05) is 58.9 Å². The summed E-state index contributed by atoms with van der Waals surface area (Å²) in [5.41, 5.74) is 1.07. The molecule has 0 aliphatic carbocycles. The lowest BCUT2D eigenvalue weighted by Crippen LogP contribution is -2.49. The summed E-state index contributed by atoms with van der Waals surface area (Å²) >= 11 is 0. The van der Waals surface area contributed by atoms with Crippen LogP contribution < -0.4 is 10.8 Å². The van der Waals surface area contributed by atoms with Crippen molar-refractivity contribution in [3.63, 3.8) is 0 Å². The fourth-order valence-electron chi connectivity index (χ4n) is 3.35. The van der Waals surface area contributed by atoms with E-state index in [2.05, 4.69) is 5.32 Å². The summed E-state index contributed by atoms with van der Waals surface area (Å²) in [6.07, 6.45) is 4.33. The van der Waals surface area contributed by atoms with Gasteiger partial charge in [0.15, 0.2) is 5.54 Å². The third-order valence-corrected chi connectivity index (χ3v) is 5.72. The molecule has 1 aromatic rings. The Bertz CT molecular complexity index is 712. The predicted molar refractivity (Wildman–Crippen MR) is 98.3 cm³/mol. The van der Waals surface area contributed by atoms with Gasteiger partial charge in [-0.05, 0) is 63.0 Å². The molecule has 0 spiro atoms. The summed E-state index contributed by atoms with van der Waals surface area (Å²) in [4.78, 5) is 12.5. The molecule has 134 valence electrons. The molecule has 5 nitrogen and oxygen atoms in total. The molecule has 2 aliphatic heterocycles. The van der Waals surface area contributed by atoms with Gasteiger partial charge in [-0.25, -0.2) is 4.79 Å². The zero-order valence-electron chi connectivity index (χ0n) is 15.8. The maximum Gasteiger partial charge on any atom is 0.494 e. The molecule has 0 amide bonds. The first-order valence-electron chi connectivity index (χ1n) is 8.69. The van der Waals surface area contributed by atoms with Gasteiger partial charge >= 0.3 is 13.1 Å². The van der Waals surface area contributed by atoms with Gasteiger partial charge in [-0.2, -0.15) is 0 Å². The van der Waals surface area contributed by atoms with E-state index in [1.54, 1.807) is 6.20 Å². The van der Waals surface area contributed by atoms with E-state index in [0.717, 1.165) is 16.6 Å². The number of carbonyl (C=O) groups is 1. The van der Waals surface area contributed by atoms with Crippen molar-refractivity contribution in [2.24, 2.45) is 0 Å². The van der Waals surface area contributed by atoms with Gasteiger partial charge in [0, 0.05) is 0 Å². The molecule has 0 bridgehead atoms. The SMILES string of the molecule is CCC1(C(=O)OC)NC=Cc2ccc(B3OC(C)(C)C(C)(C)O3)cc21. The molecule has 1 N–H and O–H groups in total. The van der Waals surface area contributed by atoms with E-state index >= 15 is 0 Å². The van der Waals surface area contributed by atoms with Crippen LogP contribution in [0.25, 0.3) is 6.08 Å². The summed E-state index contributed by atoms with van der Waals surface area (Å²) in [5.74, 6) is -0.299. The highest BCUT2D eigenvalue weighted by Gasteiger charge is 2.52. The van der Waals surface area contributed by atoms with Crippen molar-refractivity contribution in [1.29, 1.82) is 0 Å². The maximum atomic E-state index is 12.5. The fourth-order valence-corrected chi connectivity index (χ4v) is 3.35. The molecule has 3 rings (SSSR count). The maximum absolute atomic E-state index is 12.5. The van der Waals surface area contributed by atoms with E-state index in [4.69, 9.17) is 14.0 Å². The van der Waals surface area contributed by atoms with E-state index in [0.29, 0.717) is 6.42 Å². The van der Waals surface area contributed by atoms with Crippen LogP contribution in [0.1, 0.15) is 52.2 Å². The van der Waals surface area contributed by atoms with Gasteiger partial charge in [0.1, 0.15) is 0 Å². The number of rotatable bonds is 3. The largest absolute Gasteiger partial charge is 0.494 e. The second kappa shape index (κ2) is 5.89. The molecule has 2 aliphatic rings. The summed E-state index contributed by atoms with van der Waals surface area (Å²) in [6.45, 7) is 10.1. The molecule has 6 heteroatoms. The Kier molecular flexibility index (Phi) is 4.24. The van der Waals surface area contributed by atoms with Gasteiger partial charge < -0.3 is 19.4 Å². The van der Waals surface area contributed by atoms with Gasteiger partial charge in [0.05, 0.1) is 18.3 Å². The molecule has 1 fully saturated rings. The third kappa shape index (κ3) is 2.68. The van der Waals surface area contributed by atoms with E-state index in [1.165, 1.54) is 7.11 Å². The zero-order chi connectivity index (χ0) is 18.5. The molecular formula is C19H26BNO4. The lowest BCUT2D eigenvalue weighted by molar-refractivity contribution is -0.149. The average Bonchev–Trinajstić information content (AvgIpc) is 2.80. The molecule has 1 unspecified atom stereocenters. The number of hydrogen-bond acceptors (Lipinski definition) is 5. The molecule has 1 saturated heterocycles. The van der Waals surface area contributed by atoms with Crippen LogP contribution in [0.2, 0.25) is 0 Å². The minimum Gasteiger partial charge on any atom is -0.467 e. The minimum atomic E-state index is -0.890. The Hall–Kier alpha value is -1.79. The highest BCUT2D eigenvalue weighted by atomic mass is 16.7. The van der Waals surface area contributed by atoms with Crippen LogP contribution in [0, 0.1) is 0 Å². The van der Waals surface area contributed by atoms with E-state index in [-0.39, 0.29) is 5.97 Å². The average molecular weight is 343 g/mol. The molecule has 1 aromatic carbocycles. The number of ether oxygens (including phenoxy) is 1. The lowest BCUT2D eigenvalue weighted by Gasteiger charge is -2.35. The molecule has 0 saturated carbocycles. The van der Waals surface area contributed by atoms with Crippen molar-refractivity contribution in [2.45, 2.75) is 57.8 Å². The normalized spacial score (nSPS) is 26.1. The van der Waals surface area contributed by atoms with Crippen LogP contribution in [-0.4, -0.2) is 31.4 Å². The molecule has 0 aromatic heterocycles. The first kappa shape index (κ1) is 18.0. The highest BCUT2D eigenvalue weighted by Crippen LogP contribution is 2.37. The summed E-state index contributed by atoms with van der Waals surface area (Å²) in [5, 5.41) is 3.20. The smallest absolute Gasteiger partial charge is 0.467 e. The van der Waals surface area contributed by atoms with Crippen molar-refractivity contribution in [2.75, 3.05) is 7.11 Å². The molecule has 0 radical (unpaired) electrons. The Morgan fingerprint density at radius 3 is 2.40 bits per heavy atom. The van der Waals surface area contributed by atoms with Crippen molar-refractivity contribution >= 4 is 24.6 Å². The summed E-state index contributed by atoms with van der Waals surface area (Å²) in [7, 11) is 0.950. The lowest BCUT2D eigenvalue weighted by atomic mass is 9.73. The topological polar surface area (TPSA) is 56.8 Å². The molecular weight excluding hydrogens is 317 g/mol. The molecule has 2 heterocycles. The Morgan fingerprint density at radius 2 is 1.84 bits per heavy atom. The van der Waals surface area contributed by atoms with Gasteiger partial charge in [-0.1, -0.05) is 25.1 Å². The van der Waals surface area contributed by atoms with Crippen LogP contribution >= 0.6 is 0 Å². The number of benzene rings is 1. The Morgan fingerprint density at radius 1 is 1.20 bits per heavy atom. The minimum absolute atomic E-state index is 0.299. The second-order valence-electron chi connectivity index (χ2n) is 7.66. The Labute approximate surface area is 149 Å². The number of esters is 1.